The van der Waals surface area contributed by atoms with Crippen LogP contribution in [0, 0.1) is 15.9 Å². The summed E-state index contributed by atoms with van der Waals surface area (Å²) < 4.78 is 19.0. The van der Waals surface area contributed by atoms with E-state index in [0.717, 1.165) is 12.0 Å². The van der Waals surface area contributed by atoms with E-state index in [9.17, 15) is 19.3 Å². The molecule has 8 heteroatoms. The summed E-state index contributed by atoms with van der Waals surface area (Å²) in [7, 11) is 0. The number of carbonyl (C=O) groups excluding carboxylic acids is 1. The summed E-state index contributed by atoms with van der Waals surface area (Å²) in [5.41, 5.74) is 1.46. The summed E-state index contributed by atoms with van der Waals surface area (Å²) in [5, 5.41) is 10.9. The van der Waals surface area contributed by atoms with E-state index >= 15 is 0 Å². The number of aryl methyl sites for hydroxylation is 1. The van der Waals surface area contributed by atoms with Crippen molar-refractivity contribution in [3.8, 4) is 5.75 Å². The maximum Gasteiger partial charge on any atom is 0.269 e. The molecule has 2 aromatic carbocycles. The maximum atomic E-state index is 13.1. The van der Waals surface area contributed by atoms with E-state index < -0.39 is 10.7 Å². The molecule has 0 radical (unpaired) electrons. The molecule has 0 bridgehead atoms. The zero-order valence-corrected chi connectivity index (χ0v) is 14.7. The number of nitrogens with zero attached hydrogens (tertiary/aromatic N) is 2. The number of fused-ring (bicyclic) bond motifs is 1. The molecule has 1 aliphatic rings. The molecule has 2 aromatic rings. The second-order valence-corrected chi connectivity index (χ2v) is 6.44. The Morgan fingerprint density at radius 2 is 2.12 bits per heavy atom. The van der Waals surface area contributed by atoms with Gasteiger partial charge >= 0.3 is 0 Å². The number of nitro benzene ring substituents is 1. The average Bonchev–Trinajstić information content (AvgIpc) is 2.59. The molecule has 0 fully saturated rings. The quantitative estimate of drug-likeness (QED) is 0.568. The van der Waals surface area contributed by atoms with Gasteiger partial charge in [-0.25, -0.2) is 4.39 Å². The van der Waals surface area contributed by atoms with Crippen molar-refractivity contribution in [1.82, 2.24) is 0 Å². The molecule has 0 saturated heterocycles. The number of halogens is 2. The van der Waals surface area contributed by atoms with E-state index in [0.29, 0.717) is 28.9 Å². The van der Waals surface area contributed by atoms with Gasteiger partial charge in [0.05, 0.1) is 9.40 Å². The third kappa shape index (κ3) is 3.79. The summed E-state index contributed by atoms with van der Waals surface area (Å²) >= 11 is 3.19. The molecule has 0 unspecified atom stereocenters. The summed E-state index contributed by atoms with van der Waals surface area (Å²) in [6.45, 7) is 0.318. The molecule has 0 N–H and O–H groups in total. The van der Waals surface area contributed by atoms with Crippen molar-refractivity contribution < 1.29 is 18.8 Å². The Morgan fingerprint density at radius 1 is 1.32 bits per heavy atom. The summed E-state index contributed by atoms with van der Waals surface area (Å²) in [6.07, 6.45) is 1.41. The number of benzene rings is 2. The van der Waals surface area contributed by atoms with Crippen LogP contribution in [0.4, 0.5) is 15.8 Å². The molecule has 0 atom stereocenters. The van der Waals surface area contributed by atoms with Crippen LogP contribution in [0.1, 0.15) is 12.0 Å². The van der Waals surface area contributed by atoms with Crippen LogP contribution in [0.25, 0.3) is 0 Å². The smallest absolute Gasteiger partial charge is 0.269 e. The third-order valence-electron chi connectivity index (χ3n) is 3.94. The lowest BCUT2D eigenvalue weighted by Crippen LogP contribution is -2.38. The van der Waals surface area contributed by atoms with Crippen LogP contribution in [0.5, 0.6) is 5.75 Å². The lowest BCUT2D eigenvalue weighted by Gasteiger charge is -2.29. The lowest BCUT2D eigenvalue weighted by molar-refractivity contribution is -0.384. The zero-order valence-electron chi connectivity index (χ0n) is 13.1. The van der Waals surface area contributed by atoms with Crippen LogP contribution in [0.2, 0.25) is 0 Å². The van der Waals surface area contributed by atoms with Crippen LogP contribution in [0.3, 0.4) is 0 Å². The largest absolute Gasteiger partial charge is 0.483 e. The van der Waals surface area contributed by atoms with Gasteiger partial charge in [0.1, 0.15) is 11.6 Å². The number of hydrogen-bond donors (Lipinski definition) is 0. The first kappa shape index (κ1) is 17.3. The van der Waals surface area contributed by atoms with Gasteiger partial charge in [0, 0.05) is 24.4 Å². The van der Waals surface area contributed by atoms with E-state index in [4.69, 9.17) is 4.74 Å². The standard InChI is InChI=1S/C17H14BrFN2O4/c18-14-9-12(19)3-6-16(14)25-10-17(22)20-7-1-2-11-8-13(21(23)24)4-5-15(11)20/h3-6,8-9H,1-2,7,10H2. The molecule has 0 saturated carbocycles. The van der Waals surface area contributed by atoms with Gasteiger partial charge in [0.2, 0.25) is 0 Å². The van der Waals surface area contributed by atoms with Gasteiger partial charge in [0.25, 0.3) is 11.6 Å². The Hall–Kier alpha value is -2.48. The van der Waals surface area contributed by atoms with Crippen molar-refractivity contribution in [2.75, 3.05) is 18.1 Å². The lowest BCUT2D eigenvalue weighted by atomic mass is 10.0. The minimum atomic E-state index is -0.448. The second kappa shape index (κ2) is 7.18. The first-order valence-corrected chi connectivity index (χ1v) is 8.40. The molecular formula is C17H14BrFN2O4. The number of ether oxygens (including phenoxy) is 1. The molecule has 130 valence electrons. The summed E-state index contributed by atoms with van der Waals surface area (Å²) in [6, 6.07) is 8.45. The number of anilines is 1. The fourth-order valence-corrected chi connectivity index (χ4v) is 3.23. The number of amides is 1. The number of hydrogen-bond acceptors (Lipinski definition) is 4. The monoisotopic (exact) mass is 408 g/mol. The van der Waals surface area contributed by atoms with Gasteiger partial charge in [-0.1, -0.05) is 0 Å². The molecule has 1 aliphatic heterocycles. The highest BCUT2D eigenvalue weighted by Crippen LogP contribution is 2.31. The Morgan fingerprint density at radius 3 is 2.84 bits per heavy atom. The molecular weight excluding hydrogens is 395 g/mol. The van der Waals surface area contributed by atoms with Crippen molar-refractivity contribution in [2.24, 2.45) is 0 Å². The topological polar surface area (TPSA) is 72.7 Å². The molecule has 1 heterocycles. The highest BCUT2D eigenvalue weighted by Gasteiger charge is 2.24. The summed E-state index contributed by atoms with van der Waals surface area (Å²) in [4.78, 5) is 24.5. The van der Waals surface area contributed by atoms with Crippen molar-refractivity contribution >= 4 is 33.2 Å². The summed E-state index contributed by atoms with van der Waals surface area (Å²) in [5.74, 6) is -0.293. The highest BCUT2D eigenvalue weighted by atomic mass is 79.9. The minimum absolute atomic E-state index is 0.0135. The van der Waals surface area contributed by atoms with E-state index in [-0.39, 0.29) is 18.2 Å². The highest BCUT2D eigenvalue weighted by molar-refractivity contribution is 9.10. The molecule has 25 heavy (non-hydrogen) atoms. The Kier molecular flexibility index (Phi) is 4.98. The minimum Gasteiger partial charge on any atom is -0.483 e. The Labute approximate surface area is 151 Å². The second-order valence-electron chi connectivity index (χ2n) is 5.58. The molecule has 6 nitrogen and oxygen atoms in total. The number of rotatable bonds is 4. The van der Waals surface area contributed by atoms with E-state index in [1.54, 1.807) is 11.0 Å². The van der Waals surface area contributed by atoms with Crippen molar-refractivity contribution in [3.63, 3.8) is 0 Å². The molecule has 0 spiro atoms. The van der Waals surface area contributed by atoms with Gasteiger partial charge in [-0.15, -0.1) is 0 Å². The third-order valence-corrected chi connectivity index (χ3v) is 4.56. The SMILES string of the molecule is O=C(COc1ccc(F)cc1Br)N1CCCc2cc([N+](=O)[O-])ccc21. The van der Waals surface area contributed by atoms with E-state index in [1.165, 1.54) is 30.3 Å². The van der Waals surface area contributed by atoms with Crippen LogP contribution in [-0.2, 0) is 11.2 Å². The van der Waals surface area contributed by atoms with Gasteiger partial charge in [0.15, 0.2) is 6.61 Å². The zero-order chi connectivity index (χ0) is 18.0. The first-order valence-electron chi connectivity index (χ1n) is 7.61. The van der Waals surface area contributed by atoms with Gasteiger partial charge in [-0.2, -0.15) is 0 Å². The first-order chi connectivity index (χ1) is 12.0. The van der Waals surface area contributed by atoms with Crippen LogP contribution < -0.4 is 9.64 Å². The molecule has 0 aromatic heterocycles. The van der Waals surface area contributed by atoms with Gasteiger partial charge < -0.3 is 9.64 Å². The molecule has 0 aliphatic carbocycles. The van der Waals surface area contributed by atoms with Crippen molar-refractivity contribution in [1.29, 1.82) is 0 Å². The number of nitro groups is 1. The molecule has 3 rings (SSSR count). The van der Waals surface area contributed by atoms with Crippen LogP contribution in [-0.4, -0.2) is 24.0 Å². The maximum absolute atomic E-state index is 13.1. The Balaban J connectivity index is 1.74. The Bertz CT molecular complexity index is 843. The van der Waals surface area contributed by atoms with Crippen molar-refractivity contribution in [3.05, 3.63) is 62.4 Å². The fraction of sp³-hybridized carbons (Fsp3) is 0.235. The van der Waals surface area contributed by atoms with Crippen molar-refractivity contribution in [2.45, 2.75) is 12.8 Å². The van der Waals surface area contributed by atoms with E-state index in [2.05, 4.69) is 15.9 Å². The van der Waals surface area contributed by atoms with Gasteiger partial charge in [-0.3, -0.25) is 14.9 Å². The number of non-ortho nitro benzene ring substituents is 1. The number of carbonyl (C=O) groups is 1. The van der Waals surface area contributed by atoms with Gasteiger partial charge in [-0.05, 0) is 58.6 Å². The van der Waals surface area contributed by atoms with Crippen LogP contribution in [0.15, 0.2) is 40.9 Å². The predicted octanol–water partition coefficient (Wildman–Crippen LogP) is 3.85. The van der Waals surface area contributed by atoms with Crippen LogP contribution >= 0.6 is 15.9 Å². The fourth-order valence-electron chi connectivity index (χ4n) is 2.77. The average molecular weight is 409 g/mol. The molecule has 1 amide bonds. The normalized spacial score (nSPS) is 13.3. The van der Waals surface area contributed by atoms with E-state index in [1.807, 2.05) is 0 Å². The predicted molar refractivity (Wildman–Crippen MR) is 93.4 cm³/mol.